The summed E-state index contributed by atoms with van der Waals surface area (Å²) in [6, 6.07) is 0. The number of alkyl halides is 1. The Labute approximate surface area is 67.6 Å². The van der Waals surface area contributed by atoms with Crippen LogP contribution in [0.5, 0.6) is 0 Å². The summed E-state index contributed by atoms with van der Waals surface area (Å²) < 4.78 is 0. The van der Waals surface area contributed by atoms with Crippen LogP contribution >= 0.6 is 11.6 Å². The number of allylic oxidation sites excluding steroid dienone is 1. The van der Waals surface area contributed by atoms with Crippen molar-refractivity contribution < 1.29 is 0 Å². The normalized spacial score (nSPS) is 12.7. The smallest absolute Gasteiger partial charge is 0.0514 e. The van der Waals surface area contributed by atoms with Crippen LogP contribution < -0.4 is 0 Å². The van der Waals surface area contributed by atoms with E-state index in [0.717, 1.165) is 18.4 Å². The highest BCUT2D eigenvalue weighted by molar-refractivity contribution is 6.22. The summed E-state index contributed by atoms with van der Waals surface area (Å²) in [5.74, 6) is 0. The van der Waals surface area contributed by atoms with Crippen molar-refractivity contribution >= 4 is 17.3 Å². The molecule has 0 aromatic rings. The van der Waals surface area contributed by atoms with Crippen molar-refractivity contribution in [2.24, 2.45) is 0 Å². The molecule has 0 saturated carbocycles. The lowest BCUT2D eigenvalue weighted by Crippen LogP contribution is -1.98. The Morgan fingerprint density at radius 3 is 2.40 bits per heavy atom. The van der Waals surface area contributed by atoms with E-state index < -0.39 is 0 Å². The van der Waals surface area contributed by atoms with Crippen LogP contribution in [0.25, 0.3) is 0 Å². The lowest BCUT2D eigenvalue weighted by Gasteiger charge is -2.05. The molecule has 0 spiro atoms. The van der Waals surface area contributed by atoms with E-state index in [-0.39, 0.29) is 5.38 Å². The minimum atomic E-state index is 0.0411. The molecule has 0 radical (unpaired) electrons. The van der Waals surface area contributed by atoms with Crippen LogP contribution in [0.15, 0.2) is 12.2 Å². The van der Waals surface area contributed by atoms with E-state index in [1.165, 1.54) is 0 Å². The monoisotopic (exact) mass is 159 g/mol. The van der Waals surface area contributed by atoms with Gasteiger partial charge < -0.3 is 5.41 Å². The molecule has 0 aromatic carbocycles. The van der Waals surface area contributed by atoms with Crippen molar-refractivity contribution in [2.75, 3.05) is 0 Å². The molecule has 58 valence electrons. The predicted octanol–water partition coefficient (Wildman–Crippen LogP) is 2.99. The molecule has 0 aliphatic heterocycles. The molecule has 0 aromatic heterocycles. The third-order valence-electron chi connectivity index (χ3n) is 1.38. The first-order valence-corrected chi connectivity index (χ1v) is 3.83. The Morgan fingerprint density at radius 1 is 1.60 bits per heavy atom. The molecule has 10 heavy (non-hydrogen) atoms. The zero-order valence-corrected chi connectivity index (χ0v) is 7.33. The minimum absolute atomic E-state index is 0.0411. The van der Waals surface area contributed by atoms with E-state index >= 15 is 0 Å². The molecule has 2 heteroatoms. The third-order valence-corrected chi connectivity index (χ3v) is 1.69. The second-order valence-electron chi connectivity index (χ2n) is 2.55. The Kier molecular flexibility index (Phi) is 4.37. The van der Waals surface area contributed by atoms with Gasteiger partial charge in [0.2, 0.25) is 0 Å². The number of nitrogens with one attached hydrogen (secondary N) is 1. The molecule has 0 aliphatic rings. The molecular weight excluding hydrogens is 146 g/mol. The van der Waals surface area contributed by atoms with Crippen molar-refractivity contribution in [3.63, 3.8) is 0 Å². The van der Waals surface area contributed by atoms with Crippen LogP contribution in [0.2, 0.25) is 0 Å². The molecule has 0 bridgehead atoms. The van der Waals surface area contributed by atoms with Crippen molar-refractivity contribution in [1.29, 1.82) is 5.41 Å². The fourth-order valence-electron chi connectivity index (χ4n) is 0.547. The molecule has 1 N–H and O–H groups in total. The summed E-state index contributed by atoms with van der Waals surface area (Å²) in [6.07, 6.45) is 1.63. The maximum atomic E-state index is 7.14. The fraction of sp³-hybridized carbons (Fsp3) is 0.625. The molecule has 1 unspecified atom stereocenters. The molecule has 0 heterocycles. The number of halogens is 1. The Morgan fingerprint density at radius 2 is 2.10 bits per heavy atom. The minimum Gasteiger partial charge on any atom is -0.310 e. The SMILES string of the molecule is C=C(CCC(C)=N)C(C)Cl. The van der Waals surface area contributed by atoms with Gasteiger partial charge in [-0.1, -0.05) is 12.2 Å². The Bertz CT molecular complexity index is 138. The Hall–Kier alpha value is -0.300. The van der Waals surface area contributed by atoms with E-state index in [4.69, 9.17) is 17.0 Å². The molecule has 0 saturated heterocycles. The third kappa shape index (κ3) is 4.57. The van der Waals surface area contributed by atoms with Gasteiger partial charge in [0.05, 0.1) is 5.38 Å². The Balaban J connectivity index is 3.50. The van der Waals surface area contributed by atoms with E-state index in [9.17, 15) is 0 Å². The van der Waals surface area contributed by atoms with Gasteiger partial charge in [-0.3, -0.25) is 0 Å². The van der Waals surface area contributed by atoms with Crippen molar-refractivity contribution in [2.45, 2.75) is 32.1 Å². The van der Waals surface area contributed by atoms with E-state index in [0.29, 0.717) is 5.71 Å². The van der Waals surface area contributed by atoms with Crippen LogP contribution in [0.4, 0.5) is 0 Å². The second-order valence-corrected chi connectivity index (χ2v) is 3.21. The molecule has 0 fully saturated rings. The van der Waals surface area contributed by atoms with Crippen molar-refractivity contribution in [3.8, 4) is 0 Å². The van der Waals surface area contributed by atoms with Crippen LogP contribution in [-0.4, -0.2) is 11.1 Å². The first-order valence-electron chi connectivity index (χ1n) is 3.39. The van der Waals surface area contributed by atoms with Crippen LogP contribution in [0, 0.1) is 5.41 Å². The van der Waals surface area contributed by atoms with Gasteiger partial charge in [-0.2, -0.15) is 0 Å². The number of hydrogen-bond donors (Lipinski definition) is 1. The molecule has 0 aliphatic carbocycles. The summed E-state index contributed by atoms with van der Waals surface area (Å²) in [6.45, 7) is 7.50. The van der Waals surface area contributed by atoms with Gasteiger partial charge in [0.1, 0.15) is 0 Å². The zero-order valence-electron chi connectivity index (χ0n) is 6.58. The first kappa shape index (κ1) is 9.70. The van der Waals surface area contributed by atoms with Gasteiger partial charge in [0, 0.05) is 5.71 Å². The number of rotatable bonds is 4. The zero-order chi connectivity index (χ0) is 8.15. The summed E-state index contributed by atoms with van der Waals surface area (Å²) >= 11 is 5.74. The molecule has 1 nitrogen and oxygen atoms in total. The molecular formula is C8H14ClN. The maximum Gasteiger partial charge on any atom is 0.0514 e. The lowest BCUT2D eigenvalue weighted by molar-refractivity contribution is 0.935. The quantitative estimate of drug-likeness (QED) is 0.371. The average Bonchev–Trinajstić information content (AvgIpc) is 1.82. The van der Waals surface area contributed by atoms with E-state index in [1.54, 1.807) is 6.92 Å². The lowest BCUT2D eigenvalue weighted by atomic mass is 10.1. The fourth-order valence-corrected chi connectivity index (χ4v) is 0.656. The first-order chi connectivity index (χ1) is 4.54. The second kappa shape index (κ2) is 4.51. The summed E-state index contributed by atoms with van der Waals surface area (Å²) in [4.78, 5) is 0. The van der Waals surface area contributed by atoms with Gasteiger partial charge in [-0.25, -0.2) is 0 Å². The highest BCUT2D eigenvalue weighted by Gasteiger charge is 2.01. The van der Waals surface area contributed by atoms with E-state index in [1.807, 2.05) is 6.92 Å². The van der Waals surface area contributed by atoms with Gasteiger partial charge in [0.25, 0.3) is 0 Å². The standard InChI is InChI=1S/C8H14ClN/c1-6(8(3)9)4-5-7(2)10/h8,10H,1,4-5H2,2-3H3. The summed E-state index contributed by atoms with van der Waals surface area (Å²) in [5, 5.41) is 7.19. The summed E-state index contributed by atoms with van der Waals surface area (Å²) in [7, 11) is 0. The van der Waals surface area contributed by atoms with Crippen LogP contribution in [0.3, 0.4) is 0 Å². The molecule has 0 amide bonds. The van der Waals surface area contributed by atoms with Gasteiger partial charge in [-0.05, 0) is 26.7 Å². The molecule has 0 rings (SSSR count). The topological polar surface area (TPSA) is 23.9 Å². The van der Waals surface area contributed by atoms with Crippen LogP contribution in [0.1, 0.15) is 26.7 Å². The highest BCUT2D eigenvalue weighted by atomic mass is 35.5. The van der Waals surface area contributed by atoms with Gasteiger partial charge in [0.15, 0.2) is 0 Å². The van der Waals surface area contributed by atoms with Crippen LogP contribution in [-0.2, 0) is 0 Å². The largest absolute Gasteiger partial charge is 0.310 e. The maximum absolute atomic E-state index is 7.14. The van der Waals surface area contributed by atoms with Crippen molar-refractivity contribution in [1.82, 2.24) is 0 Å². The van der Waals surface area contributed by atoms with Crippen molar-refractivity contribution in [3.05, 3.63) is 12.2 Å². The number of hydrogen-bond acceptors (Lipinski definition) is 1. The highest BCUT2D eigenvalue weighted by Crippen LogP contribution is 2.12. The molecule has 1 atom stereocenters. The summed E-state index contributed by atoms with van der Waals surface area (Å²) in [5.41, 5.74) is 1.71. The predicted molar refractivity (Wildman–Crippen MR) is 47.1 cm³/mol. The van der Waals surface area contributed by atoms with Gasteiger partial charge >= 0.3 is 0 Å². The average molecular weight is 160 g/mol. The van der Waals surface area contributed by atoms with E-state index in [2.05, 4.69) is 6.58 Å². The van der Waals surface area contributed by atoms with Gasteiger partial charge in [-0.15, -0.1) is 11.6 Å².